The van der Waals surface area contributed by atoms with Gasteiger partial charge in [-0.3, -0.25) is 4.79 Å². The quantitative estimate of drug-likeness (QED) is 0.855. The number of thiophene rings is 1. The second-order valence-electron chi connectivity index (χ2n) is 3.95. The van der Waals surface area contributed by atoms with Crippen molar-refractivity contribution in [3.05, 3.63) is 20.8 Å². The standard InChI is InChI=1S/C11H13BrO2S/c1-7-2-8(5-14-7)11(13)4-10-3-9(12)6-15-10/h3,6-8H,2,4-5H2,1H3. The van der Waals surface area contributed by atoms with Crippen molar-refractivity contribution in [1.82, 2.24) is 0 Å². The summed E-state index contributed by atoms with van der Waals surface area (Å²) in [5, 5.41) is 2.01. The molecule has 0 bridgehead atoms. The second kappa shape index (κ2) is 4.76. The summed E-state index contributed by atoms with van der Waals surface area (Å²) < 4.78 is 6.46. The minimum absolute atomic E-state index is 0.112. The Morgan fingerprint density at radius 1 is 1.73 bits per heavy atom. The number of carbonyl (C=O) groups excluding carboxylic acids is 1. The van der Waals surface area contributed by atoms with Crippen LogP contribution in [0.5, 0.6) is 0 Å². The van der Waals surface area contributed by atoms with Crippen LogP contribution < -0.4 is 0 Å². The molecule has 0 saturated carbocycles. The molecular formula is C11H13BrO2S. The van der Waals surface area contributed by atoms with Gasteiger partial charge in [0, 0.05) is 27.1 Å². The molecule has 2 atom stereocenters. The van der Waals surface area contributed by atoms with Crippen LogP contribution in [-0.2, 0) is 16.0 Å². The van der Waals surface area contributed by atoms with Crippen LogP contribution in [0.1, 0.15) is 18.2 Å². The molecule has 15 heavy (non-hydrogen) atoms. The average Bonchev–Trinajstić information content (AvgIpc) is 2.75. The van der Waals surface area contributed by atoms with Crippen molar-refractivity contribution in [3.8, 4) is 0 Å². The average molecular weight is 289 g/mol. The molecular weight excluding hydrogens is 276 g/mol. The Balaban J connectivity index is 1.92. The number of Topliss-reactive ketones (excluding diaryl/α,β-unsaturated/α-hetero) is 1. The fourth-order valence-corrected chi connectivity index (χ4v) is 3.26. The van der Waals surface area contributed by atoms with Gasteiger partial charge in [0.2, 0.25) is 0 Å². The summed E-state index contributed by atoms with van der Waals surface area (Å²) >= 11 is 5.02. The molecule has 1 fully saturated rings. The highest BCUT2D eigenvalue weighted by molar-refractivity contribution is 9.10. The van der Waals surface area contributed by atoms with E-state index in [0.717, 1.165) is 15.8 Å². The Morgan fingerprint density at radius 3 is 3.07 bits per heavy atom. The van der Waals surface area contributed by atoms with Crippen LogP contribution in [0.4, 0.5) is 0 Å². The van der Waals surface area contributed by atoms with Crippen molar-refractivity contribution < 1.29 is 9.53 Å². The third-order valence-electron chi connectivity index (χ3n) is 2.62. The SMILES string of the molecule is CC1CC(C(=O)Cc2cc(Br)cs2)CO1. The molecule has 0 amide bonds. The Morgan fingerprint density at radius 2 is 2.53 bits per heavy atom. The smallest absolute Gasteiger partial charge is 0.143 e. The van der Waals surface area contributed by atoms with Gasteiger partial charge in [-0.25, -0.2) is 0 Å². The number of hydrogen-bond acceptors (Lipinski definition) is 3. The largest absolute Gasteiger partial charge is 0.378 e. The second-order valence-corrected chi connectivity index (χ2v) is 5.86. The third-order valence-corrected chi connectivity index (χ3v) is 4.32. The van der Waals surface area contributed by atoms with Gasteiger partial charge in [-0.2, -0.15) is 0 Å². The van der Waals surface area contributed by atoms with Crippen LogP contribution in [0.2, 0.25) is 0 Å². The van der Waals surface area contributed by atoms with Gasteiger partial charge in [-0.15, -0.1) is 11.3 Å². The van der Waals surface area contributed by atoms with E-state index >= 15 is 0 Å². The van der Waals surface area contributed by atoms with Crippen molar-refractivity contribution in [2.45, 2.75) is 25.9 Å². The van der Waals surface area contributed by atoms with Gasteiger partial charge >= 0.3 is 0 Å². The van der Waals surface area contributed by atoms with E-state index in [1.807, 2.05) is 18.4 Å². The molecule has 0 spiro atoms. The number of ether oxygens (including phenoxy) is 1. The van der Waals surface area contributed by atoms with Gasteiger partial charge < -0.3 is 4.74 Å². The van der Waals surface area contributed by atoms with Gasteiger partial charge in [-0.05, 0) is 35.3 Å². The van der Waals surface area contributed by atoms with Crippen molar-refractivity contribution in [2.75, 3.05) is 6.61 Å². The van der Waals surface area contributed by atoms with E-state index < -0.39 is 0 Å². The van der Waals surface area contributed by atoms with Gasteiger partial charge in [0.1, 0.15) is 5.78 Å². The van der Waals surface area contributed by atoms with Gasteiger partial charge in [0.25, 0.3) is 0 Å². The first-order valence-corrected chi connectivity index (χ1v) is 6.69. The van der Waals surface area contributed by atoms with E-state index in [-0.39, 0.29) is 12.0 Å². The predicted molar refractivity (Wildman–Crippen MR) is 64.3 cm³/mol. The molecule has 1 aliphatic heterocycles. The Labute approximate surface area is 102 Å². The predicted octanol–water partition coefficient (Wildman–Crippen LogP) is 3.05. The van der Waals surface area contributed by atoms with E-state index in [0.29, 0.717) is 18.8 Å². The molecule has 1 aromatic rings. The zero-order chi connectivity index (χ0) is 10.8. The van der Waals surface area contributed by atoms with Gasteiger partial charge in [0.15, 0.2) is 0 Å². The zero-order valence-corrected chi connectivity index (χ0v) is 10.9. The van der Waals surface area contributed by atoms with E-state index in [2.05, 4.69) is 15.9 Å². The number of halogens is 1. The fourth-order valence-electron chi connectivity index (χ4n) is 1.80. The monoisotopic (exact) mass is 288 g/mol. The van der Waals surface area contributed by atoms with E-state index in [1.165, 1.54) is 0 Å². The van der Waals surface area contributed by atoms with Crippen molar-refractivity contribution in [2.24, 2.45) is 5.92 Å². The summed E-state index contributed by atoms with van der Waals surface area (Å²) in [7, 11) is 0. The minimum atomic E-state index is 0.112. The molecule has 0 radical (unpaired) electrons. The van der Waals surface area contributed by atoms with Crippen molar-refractivity contribution >= 4 is 33.0 Å². The Bertz CT molecular complexity index is 361. The van der Waals surface area contributed by atoms with Crippen molar-refractivity contribution in [3.63, 3.8) is 0 Å². The number of rotatable bonds is 3. The maximum absolute atomic E-state index is 11.9. The van der Waals surface area contributed by atoms with E-state index in [9.17, 15) is 4.79 Å². The third kappa shape index (κ3) is 2.89. The summed E-state index contributed by atoms with van der Waals surface area (Å²) in [5.74, 6) is 0.426. The molecule has 1 saturated heterocycles. The molecule has 0 aliphatic carbocycles. The lowest BCUT2D eigenvalue weighted by molar-refractivity contribution is -0.122. The molecule has 1 aromatic heterocycles. The fraction of sp³-hybridized carbons (Fsp3) is 0.545. The van der Waals surface area contributed by atoms with E-state index in [1.54, 1.807) is 11.3 Å². The maximum atomic E-state index is 11.9. The molecule has 2 nitrogen and oxygen atoms in total. The van der Waals surface area contributed by atoms with Crippen LogP contribution in [0, 0.1) is 5.92 Å². The van der Waals surface area contributed by atoms with Gasteiger partial charge in [-0.1, -0.05) is 0 Å². The first-order chi connectivity index (χ1) is 7.15. The highest BCUT2D eigenvalue weighted by Crippen LogP contribution is 2.24. The molecule has 4 heteroatoms. The molecule has 0 N–H and O–H groups in total. The molecule has 2 unspecified atom stereocenters. The molecule has 1 aliphatic rings. The number of ketones is 1. The maximum Gasteiger partial charge on any atom is 0.143 e. The highest BCUT2D eigenvalue weighted by atomic mass is 79.9. The lowest BCUT2D eigenvalue weighted by Crippen LogP contribution is -2.16. The molecule has 2 heterocycles. The van der Waals surface area contributed by atoms with E-state index in [4.69, 9.17) is 4.74 Å². The number of carbonyl (C=O) groups is 1. The van der Waals surface area contributed by atoms with Crippen LogP contribution in [-0.4, -0.2) is 18.5 Å². The summed E-state index contributed by atoms with van der Waals surface area (Å²) in [6.45, 7) is 2.63. The summed E-state index contributed by atoms with van der Waals surface area (Å²) in [5.41, 5.74) is 0. The van der Waals surface area contributed by atoms with Crippen LogP contribution in [0.3, 0.4) is 0 Å². The Kier molecular flexibility index (Phi) is 3.59. The summed E-state index contributed by atoms with van der Waals surface area (Å²) in [6.07, 6.45) is 1.68. The topological polar surface area (TPSA) is 26.3 Å². The lowest BCUT2D eigenvalue weighted by Gasteiger charge is -2.04. The summed E-state index contributed by atoms with van der Waals surface area (Å²) in [6, 6.07) is 2.02. The lowest BCUT2D eigenvalue weighted by atomic mass is 9.98. The molecule has 2 rings (SSSR count). The van der Waals surface area contributed by atoms with Crippen molar-refractivity contribution in [1.29, 1.82) is 0 Å². The Hall–Kier alpha value is -0.190. The first-order valence-electron chi connectivity index (χ1n) is 5.02. The minimum Gasteiger partial charge on any atom is -0.378 e. The number of hydrogen-bond donors (Lipinski definition) is 0. The van der Waals surface area contributed by atoms with Crippen LogP contribution in [0.25, 0.3) is 0 Å². The molecule has 82 valence electrons. The molecule has 0 aromatic carbocycles. The normalized spacial score (nSPS) is 25.7. The van der Waals surface area contributed by atoms with Gasteiger partial charge in [0.05, 0.1) is 12.7 Å². The highest BCUT2D eigenvalue weighted by Gasteiger charge is 2.28. The van der Waals surface area contributed by atoms with Crippen LogP contribution in [0.15, 0.2) is 15.9 Å². The van der Waals surface area contributed by atoms with Crippen LogP contribution >= 0.6 is 27.3 Å². The zero-order valence-electron chi connectivity index (χ0n) is 8.53. The summed E-state index contributed by atoms with van der Waals surface area (Å²) in [4.78, 5) is 13.0. The first kappa shape index (κ1) is 11.3.